The molecule has 5 nitrogen and oxygen atoms in total. The molecule has 42 heavy (non-hydrogen) atoms. The quantitative estimate of drug-likeness (QED) is 0.239. The summed E-state index contributed by atoms with van der Waals surface area (Å²) in [5, 5.41) is 6.59. The first-order valence-electron chi connectivity index (χ1n) is 15.4. The Hall–Kier alpha value is -4.51. The molecule has 4 aliphatic carbocycles. The number of hydrogen-bond acceptors (Lipinski definition) is 5. The third-order valence-corrected chi connectivity index (χ3v) is 11.9. The smallest absolute Gasteiger partial charge is 0.153 e. The summed E-state index contributed by atoms with van der Waals surface area (Å²) in [4.78, 5) is 6.64. The van der Waals surface area contributed by atoms with Crippen LogP contribution in [0.1, 0.15) is 42.1 Å². The first kappa shape index (κ1) is 22.1. The molecule has 1 N–H and O–H groups in total. The van der Waals surface area contributed by atoms with E-state index >= 15 is 0 Å². The van der Waals surface area contributed by atoms with Gasteiger partial charge in [0.25, 0.3) is 0 Å². The second-order valence-electron chi connectivity index (χ2n) is 13.3. The molecule has 4 atom stereocenters. The van der Waals surface area contributed by atoms with Crippen molar-refractivity contribution in [2.24, 2.45) is 29.1 Å². The average molecular weight is 548 g/mol. The number of furan rings is 2. The summed E-state index contributed by atoms with van der Waals surface area (Å²) in [5.74, 6) is 5.79. The van der Waals surface area contributed by atoms with E-state index in [-0.39, 0.29) is 0 Å². The molecule has 4 heterocycles. The number of hydrogen-bond donors (Lipinski definition) is 1. The summed E-state index contributed by atoms with van der Waals surface area (Å²) >= 11 is 0. The maximum absolute atomic E-state index is 6.20. The van der Waals surface area contributed by atoms with Crippen molar-refractivity contribution in [3.63, 3.8) is 0 Å². The van der Waals surface area contributed by atoms with Crippen molar-refractivity contribution in [2.75, 3.05) is 4.90 Å². The standard InChI is InChI=1S/C37H29N3O2/c1-3-23(4-2-20(1)36-30-14-21-13-22-15-31(36)37(21,22)30)40(24-5-7-32-28(16-24)26-9-11-38-18-34(26)41-32)25-6-8-33-29(17-25)27-10-12-39-19-35(27)42-33/h1-12,16-18,21-22,30-31,36,39H,13-15,19H2. The van der Waals surface area contributed by atoms with Crippen LogP contribution < -0.4 is 10.2 Å². The maximum Gasteiger partial charge on any atom is 0.153 e. The third kappa shape index (κ3) is 2.52. The number of benzene rings is 3. The van der Waals surface area contributed by atoms with E-state index in [0.717, 1.165) is 96.3 Å². The topological polar surface area (TPSA) is 54.4 Å². The largest absolute Gasteiger partial charge is 0.459 e. The predicted molar refractivity (Wildman–Crippen MR) is 165 cm³/mol. The molecular formula is C37H29N3O2. The zero-order chi connectivity index (χ0) is 27.2. The molecule has 204 valence electrons. The summed E-state index contributed by atoms with van der Waals surface area (Å²) in [7, 11) is 0. The van der Waals surface area contributed by atoms with Gasteiger partial charge in [-0.15, -0.1) is 0 Å². The van der Waals surface area contributed by atoms with Gasteiger partial charge in [0.1, 0.15) is 16.9 Å². The van der Waals surface area contributed by atoms with Crippen molar-refractivity contribution in [1.29, 1.82) is 0 Å². The van der Waals surface area contributed by atoms with E-state index in [1.165, 1.54) is 19.3 Å². The van der Waals surface area contributed by atoms with Crippen molar-refractivity contribution >= 4 is 56.0 Å². The third-order valence-electron chi connectivity index (χ3n) is 11.9. The van der Waals surface area contributed by atoms with Gasteiger partial charge in [-0.25, -0.2) is 0 Å². The minimum atomic E-state index is 0.714. The van der Waals surface area contributed by atoms with Gasteiger partial charge in [0.15, 0.2) is 5.58 Å². The van der Waals surface area contributed by atoms with Crippen LogP contribution in [0.5, 0.6) is 0 Å². The molecule has 0 saturated heterocycles. The highest BCUT2D eigenvalue weighted by Gasteiger charge is 2.84. The Morgan fingerprint density at radius 3 is 2.26 bits per heavy atom. The molecule has 1 spiro atoms. The number of nitrogens with zero attached hydrogens (tertiary/aromatic N) is 2. The van der Waals surface area contributed by atoms with Gasteiger partial charge in [-0.1, -0.05) is 12.1 Å². The fourth-order valence-electron chi connectivity index (χ4n) is 10.2. The van der Waals surface area contributed by atoms with Gasteiger partial charge in [0, 0.05) is 45.0 Å². The summed E-state index contributed by atoms with van der Waals surface area (Å²) in [5.41, 5.74) is 9.48. The molecule has 4 saturated carbocycles. The Morgan fingerprint density at radius 2 is 1.48 bits per heavy atom. The van der Waals surface area contributed by atoms with Gasteiger partial charge in [0.2, 0.25) is 0 Å². The number of anilines is 3. The van der Waals surface area contributed by atoms with Crippen molar-refractivity contribution in [1.82, 2.24) is 10.3 Å². The molecule has 0 amide bonds. The molecule has 3 aromatic heterocycles. The molecule has 0 bridgehead atoms. The van der Waals surface area contributed by atoms with Crippen LogP contribution in [-0.4, -0.2) is 4.98 Å². The molecule has 1 aliphatic heterocycles. The molecule has 11 rings (SSSR count). The summed E-state index contributed by atoms with van der Waals surface area (Å²) in [6, 6.07) is 24.6. The lowest BCUT2D eigenvalue weighted by Crippen LogP contribution is -2.82. The van der Waals surface area contributed by atoms with Crippen LogP contribution in [0.25, 0.3) is 39.0 Å². The number of nitrogens with one attached hydrogen (secondary N) is 1. The van der Waals surface area contributed by atoms with E-state index in [4.69, 9.17) is 8.83 Å². The van der Waals surface area contributed by atoms with Crippen molar-refractivity contribution < 1.29 is 8.83 Å². The Labute approximate surface area is 242 Å². The Bertz CT molecular complexity index is 2110. The van der Waals surface area contributed by atoms with Gasteiger partial charge in [-0.3, -0.25) is 4.98 Å². The first-order chi connectivity index (χ1) is 20.8. The van der Waals surface area contributed by atoms with Gasteiger partial charge in [-0.05, 0) is 127 Å². The molecule has 5 aliphatic rings. The normalized spacial score (nSPS) is 29.5. The van der Waals surface area contributed by atoms with Crippen LogP contribution >= 0.6 is 0 Å². The maximum atomic E-state index is 6.20. The fraction of sp³-hybridized carbons (Fsp3) is 0.270. The van der Waals surface area contributed by atoms with E-state index < -0.39 is 0 Å². The minimum Gasteiger partial charge on any atom is -0.459 e. The van der Waals surface area contributed by atoms with Crippen LogP contribution in [0.2, 0.25) is 0 Å². The van der Waals surface area contributed by atoms with E-state index in [1.807, 2.05) is 18.5 Å². The highest BCUT2D eigenvalue weighted by Crippen LogP contribution is 2.91. The Kier molecular flexibility index (Phi) is 3.93. The predicted octanol–water partition coefficient (Wildman–Crippen LogP) is 9.03. The molecular weight excluding hydrogens is 518 g/mol. The zero-order valence-electron chi connectivity index (χ0n) is 23.1. The molecule has 4 unspecified atom stereocenters. The Balaban J connectivity index is 1.05. The number of aromatic nitrogens is 1. The van der Waals surface area contributed by atoms with E-state index in [0.29, 0.717) is 6.54 Å². The first-order valence-corrected chi connectivity index (χ1v) is 15.4. The monoisotopic (exact) mass is 547 g/mol. The lowest BCUT2D eigenvalue weighted by Gasteiger charge is -2.89. The molecule has 6 aromatic rings. The summed E-state index contributed by atoms with van der Waals surface area (Å²) in [6.45, 7) is 0.714. The van der Waals surface area contributed by atoms with Gasteiger partial charge in [0.05, 0.1) is 12.7 Å². The average Bonchev–Trinajstić information content (AvgIpc) is 3.55. The SMILES string of the molecule is C1=Cc2c(oc3ccc(N(c4ccc(C5C6CC7CC8CC5C786)cc4)c4ccc5oc6cnccc6c5c4)cc23)CN1. The van der Waals surface area contributed by atoms with E-state index in [9.17, 15) is 0 Å². The zero-order valence-corrected chi connectivity index (χ0v) is 23.1. The number of rotatable bonds is 4. The molecule has 4 fully saturated rings. The van der Waals surface area contributed by atoms with Crippen LogP contribution in [0, 0.1) is 29.1 Å². The molecule has 0 radical (unpaired) electrons. The second kappa shape index (κ2) is 7.46. The lowest BCUT2D eigenvalue weighted by molar-refractivity contribution is -0.390. The van der Waals surface area contributed by atoms with Gasteiger partial charge < -0.3 is 19.1 Å². The molecule has 3 aromatic carbocycles. The van der Waals surface area contributed by atoms with Crippen LogP contribution in [0.3, 0.4) is 0 Å². The van der Waals surface area contributed by atoms with Crippen LogP contribution in [0.15, 0.2) is 94.2 Å². The summed E-state index contributed by atoms with van der Waals surface area (Å²) < 4.78 is 12.3. The van der Waals surface area contributed by atoms with E-state index in [1.54, 1.807) is 11.8 Å². The lowest BCUT2D eigenvalue weighted by atomic mass is 9.15. The Morgan fingerprint density at radius 1 is 0.738 bits per heavy atom. The fourth-order valence-corrected chi connectivity index (χ4v) is 10.2. The summed E-state index contributed by atoms with van der Waals surface area (Å²) in [6.07, 6.45) is 12.2. The van der Waals surface area contributed by atoms with Crippen molar-refractivity contribution in [3.05, 3.63) is 102 Å². The highest BCUT2D eigenvalue weighted by molar-refractivity contribution is 6.06. The van der Waals surface area contributed by atoms with Gasteiger partial charge in [-0.2, -0.15) is 0 Å². The van der Waals surface area contributed by atoms with Crippen molar-refractivity contribution in [3.8, 4) is 0 Å². The highest BCUT2D eigenvalue weighted by atomic mass is 16.3. The van der Waals surface area contributed by atoms with Crippen LogP contribution in [0.4, 0.5) is 17.1 Å². The second-order valence-corrected chi connectivity index (χ2v) is 13.3. The van der Waals surface area contributed by atoms with Gasteiger partial charge >= 0.3 is 0 Å². The molecule has 5 heteroatoms. The van der Waals surface area contributed by atoms with Crippen molar-refractivity contribution in [2.45, 2.75) is 31.7 Å². The van der Waals surface area contributed by atoms with Crippen LogP contribution in [-0.2, 0) is 6.54 Å². The number of pyridine rings is 1. The minimum absolute atomic E-state index is 0.714. The number of fused-ring (bicyclic) bond motifs is 6. The van der Waals surface area contributed by atoms with E-state index in [2.05, 4.69) is 81.9 Å².